The van der Waals surface area contributed by atoms with Gasteiger partial charge in [0.25, 0.3) is 5.56 Å². The summed E-state index contributed by atoms with van der Waals surface area (Å²) in [4.78, 5) is 11.0. The van der Waals surface area contributed by atoms with Crippen LogP contribution < -0.4 is 5.56 Å². The van der Waals surface area contributed by atoms with Crippen molar-refractivity contribution in [3.8, 4) is 0 Å². The van der Waals surface area contributed by atoms with Crippen LogP contribution in [0.15, 0.2) is 10.9 Å². The molecule has 1 N–H and O–H groups in total. The Morgan fingerprint density at radius 1 is 1.54 bits per heavy atom. The highest BCUT2D eigenvalue weighted by molar-refractivity contribution is 5.27. The van der Waals surface area contributed by atoms with E-state index in [2.05, 4.69) is 24.0 Å². The lowest BCUT2D eigenvalue weighted by molar-refractivity contribution is 0.412. The van der Waals surface area contributed by atoms with E-state index in [4.69, 9.17) is 0 Å². The fourth-order valence-electron chi connectivity index (χ4n) is 2.06. The number of H-pyrrole nitrogens is 1. The van der Waals surface area contributed by atoms with Crippen molar-refractivity contribution in [2.75, 3.05) is 0 Å². The van der Waals surface area contributed by atoms with E-state index in [1.54, 1.807) is 6.07 Å². The highest BCUT2D eigenvalue weighted by Crippen LogP contribution is 2.33. The molecule has 0 saturated carbocycles. The molecule has 2 rings (SSSR count). The lowest BCUT2D eigenvalue weighted by atomic mass is 9.76. The number of aromatic amines is 1. The molecule has 0 aliphatic heterocycles. The van der Waals surface area contributed by atoms with Gasteiger partial charge >= 0.3 is 0 Å². The van der Waals surface area contributed by atoms with E-state index in [9.17, 15) is 4.79 Å². The molecule has 1 aromatic rings. The second kappa shape index (κ2) is 2.69. The highest BCUT2D eigenvalue weighted by Gasteiger charge is 2.28. The number of hydrogen-bond donors (Lipinski definition) is 1. The molecule has 0 aromatic carbocycles. The molecule has 1 aromatic heterocycles. The van der Waals surface area contributed by atoms with Crippen LogP contribution in [-0.4, -0.2) is 10.2 Å². The van der Waals surface area contributed by atoms with Crippen LogP contribution in [0.3, 0.4) is 0 Å². The molecule has 0 unspecified atom stereocenters. The molecule has 0 amide bonds. The molecule has 0 bridgehead atoms. The molecule has 0 radical (unpaired) electrons. The zero-order valence-electron chi connectivity index (χ0n) is 8.05. The minimum Gasteiger partial charge on any atom is -0.268 e. The standard InChI is InChI=1S/C10H14N2O/c1-10(2)5-3-4-7-6-8(13)11-12-9(7)10/h6H,3-5H2,1-2H3,(H,11,13). The van der Waals surface area contributed by atoms with Crippen LogP contribution in [0.25, 0.3) is 0 Å². The van der Waals surface area contributed by atoms with Gasteiger partial charge in [-0.25, -0.2) is 5.10 Å². The maximum absolute atomic E-state index is 11.0. The Morgan fingerprint density at radius 2 is 2.31 bits per heavy atom. The zero-order valence-corrected chi connectivity index (χ0v) is 8.05. The van der Waals surface area contributed by atoms with E-state index in [0.29, 0.717) is 0 Å². The predicted molar refractivity (Wildman–Crippen MR) is 50.8 cm³/mol. The second-order valence-electron chi connectivity index (χ2n) is 4.34. The average Bonchev–Trinajstić information content (AvgIpc) is 2.02. The van der Waals surface area contributed by atoms with Gasteiger partial charge in [0.05, 0.1) is 5.69 Å². The Labute approximate surface area is 77.2 Å². The Kier molecular flexibility index (Phi) is 1.75. The van der Waals surface area contributed by atoms with E-state index >= 15 is 0 Å². The van der Waals surface area contributed by atoms with E-state index in [1.165, 1.54) is 0 Å². The van der Waals surface area contributed by atoms with Gasteiger partial charge in [-0.1, -0.05) is 13.8 Å². The Bertz CT molecular complexity index is 379. The molecule has 13 heavy (non-hydrogen) atoms. The summed E-state index contributed by atoms with van der Waals surface area (Å²) in [5.41, 5.74) is 2.23. The van der Waals surface area contributed by atoms with Gasteiger partial charge in [0.1, 0.15) is 0 Å². The number of nitrogens with one attached hydrogen (secondary N) is 1. The summed E-state index contributed by atoms with van der Waals surface area (Å²) in [6.07, 6.45) is 3.31. The molecule has 1 aliphatic rings. The molecule has 3 nitrogen and oxygen atoms in total. The van der Waals surface area contributed by atoms with Gasteiger partial charge in [-0.15, -0.1) is 0 Å². The van der Waals surface area contributed by atoms with Crippen molar-refractivity contribution in [1.29, 1.82) is 0 Å². The minimum absolute atomic E-state index is 0.0866. The number of fused-ring (bicyclic) bond motifs is 1. The Hall–Kier alpha value is -1.12. The number of aromatic nitrogens is 2. The number of rotatable bonds is 0. The predicted octanol–water partition coefficient (Wildman–Crippen LogP) is 1.38. The van der Waals surface area contributed by atoms with Gasteiger partial charge in [0, 0.05) is 11.5 Å². The van der Waals surface area contributed by atoms with Crippen LogP contribution in [-0.2, 0) is 11.8 Å². The number of hydrogen-bond acceptors (Lipinski definition) is 2. The maximum atomic E-state index is 11.0. The minimum atomic E-state index is -0.0866. The van der Waals surface area contributed by atoms with Gasteiger partial charge in [0.2, 0.25) is 0 Å². The van der Waals surface area contributed by atoms with Crippen molar-refractivity contribution in [1.82, 2.24) is 10.2 Å². The van der Waals surface area contributed by atoms with E-state index in [0.717, 1.165) is 30.5 Å². The summed E-state index contributed by atoms with van der Waals surface area (Å²) in [5, 5.41) is 6.64. The summed E-state index contributed by atoms with van der Waals surface area (Å²) in [7, 11) is 0. The lowest BCUT2D eigenvalue weighted by Gasteiger charge is -2.30. The fraction of sp³-hybridized carbons (Fsp3) is 0.600. The number of nitrogens with zero attached hydrogens (tertiary/aromatic N) is 1. The van der Waals surface area contributed by atoms with Crippen LogP contribution in [0.4, 0.5) is 0 Å². The monoisotopic (exact) mass is 178 g/mol. The van der Waals surface area contributed by atoms with Crippen molar-refractivity contribution in [2.45, 2.75) is 38.5 Å². The summed E-state index contributed by atoms with van der Waals surface area (Å²) in [6.45, 7) is 4.35. The molecule has 3 heteroatoms. The van der Waals surface area contributed by atoms with Gasteiger partial charge in [-0.2, -0.15) is 5.10 Å². The van der Waals surface area contributed by atoms with Gasteiger partial charge in [-0.05, 0) is 24.8 Å². The first-order valence-electron chi connectivity index (χ1n) is 4.69. The van der Waals surface area contributed by atoms with Crippen LogP contribution in [0, 0.1) is 0 Å². The molecule has 0 atom stereocenters. The first kappa shape index (κ1) is 8.48. The SMILES string of the molecule is CC1(C)CCCc2cc(=O)[nH]nc21. The van der Waals surface area contributed by atoms with Crippen molar-refractivity contribution in [3.05, 3.63) is 27.7 Å². The fourth-order valence-corrected chi connectivity index (χ4v) is 2.06. The van der Waals surface area contributed by atoms with Crippen LogP contribution in [0.1, 0.15) is 37.9 Å². The first-order chi connectivity index (χ1) is 6.09. The Morgan fingerprint density at radius 3 is 3.08 bits per heavy atom. The summed E-state index contributed by atoms with van der Waals surface area (Å²) < 4.78 is 0. The van der Waals surface area contributed by atoms with Crippen molar-refractivity contribution >= 4 is 0 Å². The quantitative estimate of drug-likeness (QED) is 0.652. The normalized spacial score (nSPS) is 19.5. The van der Waals surface area contributed by atoms with E-state index in [1.807, 2.05) is 0 Å². The molecule has 70 valence electrons. The van der Waals surface area contributed by atoms with Gasteiger partial charge in [0.15, 0.2) is 0 Å². The van der Waals surface area contributed by atoms with E-state index in [-0.39, 0.29) is 11.0 Å². The molecule has 0 fully saturated rings. The number of aryl methyl sites for hydroxylation is 1. The average molecular weight is 178 g/mol. The second-order valence-corrected chi connectivity index (χ2v) is 4.34. The first-order valence-corrected chi connectivity index (χ1v) is 4.69. The van der Waals surface area contributed by atoms with Crippen molar-refractivity contribution in [3.63, 3.8) is 0 Å². The Balaban J connectivity index is 2.59. The van der Waals surface area contributed by atoms with E-state index < -0.39 is 0 Å². The smallest absolute Gasteiger partial charge is 0.264 e. The molecular formula is C10H14N2O. The third-order valence-corrected chi connectivity index (χ3v) is 2.78. The molecular weight excluding hydrogens is 164 g/mol. The van der Waals surface area contributed by atoms with Gasteiger partial charge < -0.3 is 0 Å². The summed E-state index contributed by atoms with van der Waals surface area (Å²) in [5.74, 6) is 0. The molecule has 1 heterocycles. The van der Waals surface area contributed by atoms with Crippen LogP contribution in [0.2, 0.25) is 0 Å². The van der Waals surface area contributed by atoms with Crippen molar-refractivity contribution < 1.29 is 0 Å². The molecule has 0 saturated heterocycles. The summed E-state index contributed by atoms with van der Waals surface area (Å²) in [6, 6.07) is 1.68. The third-order valence-electron chi connectivity index (χ3n) is 2.78. The van der Waals surface area contributed by atoms with Gasteiger partial charge in [-0.3, -0.25) is 4.79 Å². The molecule has 0 spiro atoms. The summed E-state index contributed by atoms with van der Waals surface area (Å²) >= 11 is 0. The molecule has 1 aliphatic carbocycles. The van der Waals surface area contributed by atoms with Crippen LogP contribution >= 0.6 is 0 Å². The van der Waals surface area contributed by atoms with Crippen LogP contribution in [0.5, 0.6) is 0 Å². The zero-order chi connectivity index (χ0) is 9.47. The maximum Gasteiger partial charge on any atom is 0.264 e. The van der Waals surface area contributed by atoms with Crippen molar-refractivity contribution in [2.24, 2.45) is 0 Å². The highest BCUT2D eigenvalue weighted by atomic mass is 16.1. The topological polar surface area (TPSA) is 45.8 Å². The third kappa shape index (κ3) is 1.39. The lowest BCUT2D eigenvalue weighted by Crippen LogP contribution is -2.28. The largest absolute Gasteiger partial charge is 0.268 e.